The predicted molar refractivity (Wildman–Crippen MR) is 90.9 cm³/mol. The lowest BCUT2D eigenvalue weighted by Crippen LogP contribution is -2.42. The van der Waals surface area contributed by atoms with E-state index in [1.165, 1.54) is 4.85 Å². The summed E-state index contributed by atoms with van der Waals surface area (Å²) in [6, 6.07) is 4.86. The number of hydrogen-bond donors (Lipinski definition) is 0. The van der Waals surface area contributed by atoms with Crippen molar-refractivity contribution in [1.29, 1.82) is 0 Å². The van der Waals surface area contributed by atoms with Crippen LogP contribution >= 0.6 is 0 Å². The van der Waals surface area contributed by atoms with Crippen molar-refractivity contribution in [3.63, 3.8) is 0 Å². The van der Waals surface area contributed by atoms with Crippen molar-refractivity contribution in [3.8, 4) is 0 Å². The zero-order valence-electron chi connectivity index (χ0n) is 14.5. The lowest BCUT2D eigenvalue weighted by molar-refractivity contribution is 0.0407. The maximum atomic E-state index is 13.0. The molecule has 132 valence electrons. The highest BCUT2D eigenvalue weighted by Crippen LogP contribution is 2.27. The molecular formula is C16H24N4O3S. The first-order valence-electron chi connectivity index (χ1n) is 8.30. The van der Waals surface area contributed by atoms with E-state index in [1.807, 2.05) is 13.8 Å². The fourth-order valence-electron chi connectivity index (χ4n) is 3.27. The molecule has 2 aromatic rings. The van der Waals surface area contributed by atoms with Gasteiger partial charge in [-0.25, -0.2) is 8.42 Å². The summed E-state index contributed by atoms with van der Waals surface area (Å²) >= 11 is 0. The minimum absolute atomic E-state index is 0.0843. The Hall–Kier alpha value is -1.67. The largest absolute Gasteiger partial charge is 0.392 e. The van der Waals surface area contributed by atoms with Gasteiger partial charge < -0.3 is 4.84 Å². The lowest BCUT2D eigenvalue weighted by atomic mass is 9.94. The molecule has 1 fully saturated rings. The van der Waals surface area contributed by atoms with E-state index in [-0.39, 0.29) is 11.0 Å². The standard InChI is InChI=1S/C16H24N4O3S/c1-11(2)23-20-16-8-14(5-6-15(16)17-18-20)24(21,22)19-9-12(3)7-13(4)10-19/h5-6,8,11-13H,7,9-10H2,1-4H3/t12-,13-/m1/s1. The van der Waals surface area contributed by atoms with Crippen LogP contribution in [0.1, 0.15) is 34.1 Å². The highest BCUT2D eigenvalue weighted by atomic mass is 32.2. The molecule has 0 amide bonds. The van der Waals surface area contributed by atoms with E-state index >= 15 is 0 Å². The number of benzene rings is 1. The Labute approximate surface area is 142 Å². The average molecular weight is 352 g/mol. The van der Waals surface area contributed by atoms with E-state index in [2.05, 4.69) is 24.2 Å². The number of fused-ring (bicyclic) bond motifs is 1. The molecule has 1 saturated heterocycles. The topological polar surface area (TPSA) is 77.3 Å². The fourth-order valence-corrected chi connectivity index (χ4v) is 4.97. The Bertz CT molecular complexity index is 821. The van der Waals surface area contributed by atoms with Crippen LogP contribution in [0.15, 0.2) is 23.1 Å². The molecular weight excluding hydrogens is 328 g/mol. The molecule has 0 spiro atoms. The molecule has 0 radical (unpaired) electrons. The van der Waals surface area contributed by atoms with Crippen molar-refractivity contribution < 1.29 is 13.3 Å². The lowest BCUT2D eigenvalue weighted by Gasteiger charge is -2.34. The molecule has 8 heteroatoms. The van der Waals surface area contributed by atoms with Crippen LogP contribution in [0.25, 0.3) is 11.0 Å². The maximum absolute atomic E-state index is 13.0. The normalized spacial score (nSPS) is 23.0. The van der Waals surface area contributed by atoms with Crippen molar-refractivity contribution in [1.82, 2.24) is 19.5 Å². The first-order chi connectivity index (χ1) is 11.3. The highest BCUT2D eigenvalue weighted by Gasteiger charge is 2.32. The number of aromatic nitrogens is 3. The monoisotopic (exact) mass is 352 g/mol. The molecule has 24 heavy (non-hydrogen) atoms. The van der Waals surface area contributed by atoms with E-state index in [1.54, 1.807) is 22.5 Å². The van der Waals surface area contributed by atoms with Crippen LogP contribution in [0.2, 0.25) is 0 Å². The Morgan fingerprint density at radius 1 is 1.21 bits per heavy atom. The van der Waals surface area contributed by atoms with E-state index in [0.717, 1.165) is 6.42 Å². The summed E-state index contributed by atoms with van der Waals surface area (Å²) in [7, 11) is -3.53. The van der Waals surface area contributed by atoms with Gasteiger partial charge in [0, 0.05) is 13.1 Å². The van der Waals surface area contributed by atoms with Crippen LogP contribution in [-0.4, -0.2) is 47.1 Å². The van der Waals surface area contributed by atoms with Crippen LogP contribution in [-0.2, 0) is 10.0 Å². The molecule has 0 unspecified atom stereocenters. The van der Waals surface area contributed by atoms with Crippen molar-refractivity contribution in [3.05, 3.63) is 18.2 Å². The summed E-state index contributed by atoms with van der Waals surface area (Å²) in [5, 5.41) is 7.94. The molecule has 1 aromatic heterocycles. The van der Waals surface area contributed by atoms with Crippen LogP contribution < -0.4 is 4.84 Å². The number of sulfonamides is 1. The van der Waals surface area contributed by atoms with Crippen molar-refractivity contribution in [2.45, 2.75) is 45.1 Å². The van der Waals surface area contributed by atoms with E-state index in [4.69, 9.17) is 4.84 Å². The van der Waals surface area contributed by atoms with Gasteiger partial charge in [0.15, 0.2) is 0 Å². The Kier molecular flexibility index (Phi) is 4.52. The molecule has 0 aliphatic carbocycles. The number of rotatable bonds is 4. The fraction of sp³-hybridized carbons (Fsp3) is 0.625. The molecule has 3 rings (SSSR count). The molecule has 1 aromatic carbocycles. The van der Waals surface area contributed by atoms with Crippen molar-refractivity contribution in [2.24, 2.45) is 11.8 Å². The zero-order valence-corrected chi connectivity index (χ0v) is 15.3. The minimum Gasteiger partial charge on any atom is -0.392 e. The van der Waals surface area contributed by atoms with Gasteiger partial charge in [-0.3, -0.25) is 0 Å². The molecule has 2 heterocycles. The molecule has 1 aliphatic rings. The Morgan fingerprint density at radius 2 is 1.88 bits per heavy atom. The predicted octanol–water partition coefficient (Wildman–Crippen LogP) is 1.93. The second-order valence-electron chi connectivity index (χ2n) is 7.04. The van der Waals surface area contributed by atoms with Gasteiger partial charge in [-0.1, -0.05) is 18.7 Å². The molecule has 1 aliphatic heterocycles. The number of nitrogens with zero attached hydrogens (tertiary/aromatic N) is 4. The first kappa shape index (κ1) is 17.2. The third-order valence-corrected chi connectivity index (χ3v) is 6.00. The SMILES string of the molecule is CC(C)On1nnc2ccc(S(=O)(=O)N3C[C@H](C)C[C@@H](C)C3)cc21. The van der Waals surface area contributed by atoms with Gasteiger partial charge in [0.1, 0.15) is 17.1 Å². The summed E-state index contributed by atoms with van der Waals surface area (Å²) in [4.78, 5) is 7.10. The smallest absolute Gasteiger partial charge is 0.243 e. The summed E-state index contributed by atoms with van der Waals surface area (Å²) in [6.45, 7) is 9.07. The van der Waals surface area contributed by atoms with Crippen molar-refractivity contribution in [2.75, 3.05) is 13.1 Å². The first-order valence-corrected chi connectivity index (χ1v) is 9.74. The van der Waals surface area contributed by atoms with Gasteiger partial charge in [-0.05, 0) is 55.5 Å². The minimum atomic E-state index is -3.53. The summed E-state index contributed by atoms with van der Waals surface area (Å²) in [5.74, 6) is 0.729. The summed E-state index contributed by atoms with van der Waals surface area (Å²) in [5.41, 5.74) is 1.16. The van der Waals surface area contributed by atoms with E-state index in [0.29, 0.717) is 36.0 Å². The second kappa shape index (κ2) is 6.33. The van der Waals surface area contributed by atoms with E-state index in [9.17, 15) is 8.42 Å². The maximum Gasteiger partial charge on any atom is 0.243 e. The summed E-state index contributed by atoms with van der Waals surface area (Å²) < 4.78 is 27.6. The van der Waals surface area contributed by atoms with Gasteiger partial charge in [0.2, 0.25) is 10.0 Å². The van der Waals surface area contributed by atoms with Gasteiger partial charge in [0.05, 0.1) is 4.90 Å². The van der Waals surface area contributed by atoms with Gasteiger partial charge in [0.25, 0.3) is 0 Å². The van der Waals surface area contributed by atoms with Crippen LogP contribution in [0.3, 0.4) is 0 Å². The molecule has 7 nitrogen and oxygen atoms in total. The number of piperidine rings is 1. The highest BCUT2D eigenvalue weighted by molar-refractivity contribution is 7.89. The molecule has 2 atom stereocenters. The second-order valence-corrected chi connectivity index (χ2v) is 8.97. The van der Waals surface area contributed by atoms with Crippen molar-refractivity contribution >= 4 is 21.1 Å². The van der Waals surface area contributed by atoms with Gasteiger partial charge in [-0.15, -0.1) is 5.10 Å². The van der Waals surface area contributed by atoms with E-state index < -0.39 is 10.0 Å². The summed E-state index contributed by atoms with van der Waals surface area (Å²) in [6.07, 6.45) is 0.975. The van der Waals surface area contributed by atoms with Crippen LogP contribution in [0, 0.1) is 11.8 Å². The molecule has 0 saturated carbocycles. The zero-order chi connectivity index (χ0) is 17.5. The number of hydrogen-bond acceptors (Lipinski definition) is 5. The Balaban J connectivity index is 1.98. The van der Waals surface area contributed by atoms with Crippen LogP contribution in [0.5, 0.6) is 0 Å². The average Bonchev–Trinajstić information content (AvgIpc) is 2.88. The third-order valence-electron chi connectivity index (χ3n) is 4.17. The van der Waals surface area contributed by atoms with Gasteiger partial charge in [-0.2, -0.15) is 4.31 Å². The molecule has 0 bridgehead atoms. The molecule has 0 N–H and O–H groups in total. The third kappa shape index (κ3) is 3.25. The Morgan fingerprint density at radius 3 is 2.50 bits per heavy atom. The van der Waals surface area contributed by atoms with Crippen LogP contribution in [0.4, 0.5) is 0 Å². The quantitative estimate of drug-likeness (QED) is 0.840. The van der Waals surface area contributed by atoms with Gasteiger partial charge >= 0.3 is 0 Å².